The van der Waals surface area contributed by atoms with Crippen LogP contribution in [0.5, 0.6) is 0 Å². The van der Waals surface area contributed by atoms with Crippen molar-refractivity contribution in [3.63, 3.8) is 0 Å². The van der Waals surface area contributed by atoms with Gasteiger partial charge >= 0.3 is 0 Å². The number of aryl methyl sites for hydroxylation is 1. The van der Waals surface area contributed by atoms with Crippen LogP contribution in [0.2, 0.25) is 0 Å². The van der Waals surface area contributed by atoms with Gasteiger partial charge in [-0.05, 0) is 30.4 Å². The summed E-state index contributed by atoms with van der Waals surface area (Å²) in [6, 6.07) is 7.90. The first kappa shape index (κ1) is 16.0. The van der Waals surface area contributed by atoms with Crippen LogP contribution in [0.4, 0.5) is 0 Å². The molecule has 1 unspecified atom stereocenters. The van der Waals surface area contributed by atoms with Crippen LogP contribution in [0.15, 0.2) is 24.3 Å². The molecule has 0 aromatic heterocycles. The molecule has 0 saturated carbocycles. The fourth-order valence-electron chi connectivity index (χ4n) is 2.62. The Labute approximate surface area is 125 Å². The molecule has 0 heterocycles. The third-order valence-corrected chi connectivity index (χ3v) is 5.14. The SMILES string of the molecule is COCCS(=O)(=O)CC(=O)NC1CCCc2ccccc21. The summed E-state index contributed by atoms with van der Waals surface area (Å²) >= 11 is 0. The van der Waals surface area contributed by atoms with Crippen molar-refractivity contribution >= 4 is 15.7 Å². The lowest BCUT2D eigenvalue weighted by Gasteiger charge is -2.26. The van der Waals surface area contributed by atoms with Gasteiger partial charge in [0, 0.05) is 7.11 Å². The number of hydrogen-bond acceptors (Lipinski definition) is 4. The topological polar surface area (TPSA) is 72.5 Å². The predicted octanol–water partition coefficient (Wildman–Crippen LogP) is 1.24. The number of carbonyl (C=O) groups excluding carboxylic acids is 1. The number of fused-ring (bicyclic) bond motifs is 1. The van der Waals surface area contributed by atoms with Gasteiger partial charge in [0.15, 0.2) is 9.84 Å². The molecule has 116 valence electrons. The average molecular weight is 311 g/mol. The molecule has 1 atom stereocenters. The first-order chi connectivity index (χ1) is 10.0. The maximum absolute atomic E-state index is 12.0. The molecule has 1 amide bonds. The van der Waals surface area contributed by atoms with Crippen molar-refractivity contribution in [2.45, 2.75) is 25.3 Å². The Morgan fingerprint density at radius 1 is 1.38 bits per heavy atom. The molecule has 0 bridgehead atoms. The number of nitrogens with one attached hydrogen (secondary N) is 1. The molecular formula is C15H21NO4S. The second-order valence-corrected chi connectivity index (χ2v) is 7.48. The zero-order valence-electron chi connectivity index (χ0n) is 12.2. The van der Waals surface area contributed by atoms with Crippen LogP contribution in [0.3, 0.4) is 0 Å². The molecule has 0 aliphatic heterocycles. The number of methoxy groups -OCH3 is 1. The number of benzene rings is 1. The van der Waals surface area contributed by atoms with E-state index in [0.29, 0.717) is 0 Å². The molecular weight excluding hydrogens is 290 g/mol. The van der Waals surface area contributed by atoms with E-state index in [-0.39, 0.29) is 18.4 Å². The van der Waals surface area contributed by atoms with Gasteiger partial charge in [0.25, 0.3) is 0 Å². The number of sulfone groups is 1. The van der Waals surface area contributed by atoms with E-state index >= 15 is 0 Å². The van der Waals surface area contributed by atoms with Crippen molar-refractivity contribution in [3.05, 3.63) is 35.4 Å². The molecule has 1 aliphatic rings. The first-order valence-corrected chi connectivity index (χ1v) is 8.90. The lowest BCUT2D eigenvalue weighted by Crippen LogP contribution is -2.36. The number of carbonyl (C=O) groups is 1. The average Bonchev–Trinajstić information content (AvgIpc) is 2.45. The van der Waals surface area contributed by atoms with E-state index in [1.54, 1.807) is 0 Å². The molecule has 6 heteroatoms. The fourth-order valence-corrected chi connectivity index (χ4v) is 3.67. The number of rotatable bonds is 6. The first-order valence-electron chi connectivity index (χ1n) is 7.08. The molecule has 2 rings (SSSR count). The Kier molecular flexibility index (Phi) is 5.36. The summed E-state index contributed by atoms with van der Waals surface area (Å²) in [4.78, 5) is 12.0. The number of hydrogen-bond donors (Lipinski definition) is 1. The Balaban J connectivity index is 1.98. The highest BCUT2D eigenvalue weighted by Crippen LogP contribution is 2.29. The number of ether oxygens (including phenoxy) is 1. The van der Waals surface area contributed by atoms with Gasteiger partial charge in [-0.3, -0.25) is 4.79 Å². The molecule has 5 nitrogen and oxygen atoms in total. The molecule has 1 aromatic rings. The molecule has 0 radical (unpaired) electrons. The number of amides is 1. The van der Waals surface area contributed by atoms with Gasteiger partial charge in [0.1, 0.15) is 5.75 Å². The van der Waals surface area contributed by atoms with Crippen LogP contribution < -0.4 is 5.32 Å². The van der Waals surface area contributed by atoms with Crippen molar-refractivity contribution < 1.29 is 17.9 Å². The van der Waals surface area contributed by atoms with Crippen LogP contribution in [-0.4, -0.2) is 39.5 Å². The quantitative estimate of drug-likeness (QED) is 0.858. The summed E-state index contributed by atoms with van der Waals surface area (Å²) in [6.07, 6.45) is 2.86. The van der Waals surface area contributed by atoms with Gasteiger partial charge in [-0.15, -0.1) is 0 Å². The van der Waals surface area contributed by atoms with Crippen molar-refractivity contribution in [1.29, 1.82) is 0 Å². The van der Waals surface area contributed by atoms with Crippen LogP contribution in [-0.2, 0) is 25.8 Å². The minimum absolute atomic E-state index is 0.0833. The Bertz CT molecular complexity index is 597. The summed E-state index contributed by atoms with van der Waals surface area (Å²) in [6.45, 7) is 0.113. The van der Waals surface area contributed by atoms with Crippen molar-refractivity contribution in [2.75, 3.05) is 25.2 Å². The second-order valence-electron chi connectivity index (χ2n) is 5.30. The lowest BCUT2D eigenvalue weighted by atomic mass is 9.88. The smallest absolute Gasteiger partial charge is 0.235 e. The zero-order chi connectivity index (χ0) is 15.3. The van der Waals surface area contributed by atoms with Crippen LogP contribution in [0.25, 0.3) is 0 Å². The monoisotopic (exact) mass is 311 g/mol. The van der Waals surface area contributed by atoms with Crippen molar-refractivity contribution in [2.24, 2.45) is 0 Å². The van der Waals surface area contributed by atoms with Crippen LogP contribution >= 0.6 is 0 Å². The Hall–Kier alpha value is -1.40. The van der Waals surface area contributed by atoms with Gasteiger partial charge in [0.05, 0.1) is 18.4 Å². The van der Waals surface area contributed by atoms with E-state index in [4.69, 9.17) is 4.74 Å². The maximum atomic E-state index is 12.0. The highest BCUT2D eigenvalue weighted by Gasteiger charge is 2.23. The van der Waals surface area contributed by atoms with Crippen molar-refractivity contribution in [3.8, 4) is 0 Å². The largest absolute Gasteiger partial charge is 0.384 e. The zero-order valence-corrected chi connectivity index (χ0v) is 13.0. The minimum Gasteiger partial charge on any atom is -0.384 e. The summed E-state index contributed by atoms with van der Waals surface area (Å²) in [5, 5.41) is 2.85. The summed E-state index contributed by atoms with van der Waals surface area (Å²) in [7, 11) is -1.97. The van der Waals surface area contributed by atoms with Gasteiger partial charge in [-0.2, -0.15) is 0 Å². The highest BCUT2D eigenvalue weighted by atomic mass is 32.2. The molecule has 0 saturated heterocycles. The molecule has 0 spiro atoms. The summed E-state index contributed by atoms with van der Waals surface area (Å²) < 4.78 is 28.2. The van der Waals surface area contributed by atoms with Crippen LogP contribution in [0, 0.1) is 0 Å². The molecule has 1 aliphatic carbocycles. The Morgan fingerprint density at radius 2 is 2.14 bits per heavy atom. The third-order valence-electron chi connectivity index (χ3n) is 3.65. The normalized spacial score (nSPS) is 18.0. The summed E-state index contributed by atoms with van der Waals surface area (Å²) in [5.74, 6) is -1.04. The maximum Gasteiger partial charge on any atom is 0.235 e. The van der Waals surface area contributed by atoms with E-state index in [9.17, 15) is 13.2 Å². The molecule has 1 aromatic carbocycles. The fraction of sp³-hybridized carbons (Fsp3) is 0.533. The molecule has 0 fully saturated rings. The van der Waals surface area contributed by atoms with E-state index in [0.717, 1.165) is 24.8 Å². The lowest BCUT2D eigenvalue weighted by molar-refractivity contribution is -0.119. The Morgan fingerprint density at radius 3 is 2.90 bits per heavy atom. The van der Waals surface area contributed by atoms with E-state index < -0.39 is 21.5 Å². The van der Waals surface area contributed by atoms with Gasteiger partial charge in [-0.1, -0.05) is 24.3 Å². The van der Waals surface area contributed by atoms with Crippen molar-refractivity contribution in [1.82, 2.24) is 5.32 Å². The third kappa shape index (κ3) is 4.54. The van der Waals surface area contributed by atoms with Gasteiger partial charge < -0.3 is 10.1 Å². The van der Waals surface area contributed by atoms with E-state index in [2.05, 4.69) is 11.4 Å². The van der Waals surface area contributed by atoms with Crippen LogP contribution in [0.1, 0.15) is 30.0 Å². The van der Waals surface area contributed by atoms with E-state index in [1.807, 2.05) is 18.2 Å². The van der Waals surface area contributed by atoms with Gasteiger partial charge in [-0.25, -0.2) is 8.42 Å². The second kappa shape index (κ2) is 7.04. The highest BCUT2D eigenvalue weighted by molar-refractivity contribution is 7.92. The minimum atomic E-state index is -3.41. The summed E-state index contributed by atoms with van der Waals surface area (Å²) in [5.41, 5.74) is 2.34. The van der Waals surface area contributed by atoms with Gasteiger partial charge in [0.2, 0.25) is 5.91 Å². The molecule has 21 heavy (non-hydrogen) atoms. The van der Waals surface area contributed by atoms with E-state index in [1.165, 1.54) is 12.7 Å². The predicted molar refractivity (Wildman–Crippen MR) is 80.8 cm³/mol. The standard InChI is InChI=1S/C15H21NO4S/c1-20-9-10-21(18,19)11-15(17)16-14-8-4-6-12-5-2-3-7-13(12)14/h2-3,5,7,14H,4,6,8-11H2,1H3,(H,16,17). The molecule has 1 N–H and O–H groups in total.